The molecule has 8 nitrogen and oxygen atoms in total. The Bertz CT molecular complexity index is 1310. The summed E-state index contributed by atoms with van der Waals surface area (Å²) in [6.45, 7) is 4.43. The largest absolute Gasteiger partial charge is 0.544 e. The zero-order valence-corrected chi connectivity index (χ0v) is 39.3. The predicted octanol–water partition coefficient (Wildman–Crippen LogP) is 12.1. The van der Waals surface area contributed by atoms with E-state index in [2.05, 4.69) is 98.9 Å². The first kappa shape index (κ1) is 57.2. The summed E-state index contributed by atoms with van der Waals surface area (Å²) < 4.78 is 17.1. The maximum Gasteiger partial charge on any atom is 0.306 e. The lowest BCUT2D eigenvalue weighted by atomic mass is 10.1. The average Bonchev–Trinajstić information content (AvgIpc) is 3.22. The fourth-order valence-corrected chi connectivity index (χ4v) is 6.32. The molecular formula is C53H87NO7. The summed E-state index contributed by atoms with van der Waals surface area (Å²) in [4.78, 5) is 36.9. The Labute approximate surface area is 373 Å². The Balaban J connectivity index is 4.48. The molecule has 0 spiro atoms. The van der Waals surface area contributed by atoms with E-state index >= 15 is 0 Å². The van der Waals surface area contributed by atoms with E-state index in [4.69, 9.17) is 14.2 Å². The van der Waals surface area contributed by atoms with Crippen LogP contribution < -0.4 is 5.11 Å². The minimum Gasteiger partial charge on any atom is -0.544 e. The molecule has 0 aliphatic carbocycles. The van der Waals surface area contributed by atoms with Crippen molar-refractivity contribution in [2.75, 3.05) is 41.0 Å². The predicted molar refractivity (Wildman–Crippen MR) is 254 cm³/mol. The highest BCUT2D eigenvalue weighted by Gasteiger charge is 2.25. The number of carbonyl (C=O) groups is 3. The van der Waals surface area contributed by atoms with Gasteiger partial charge in [0.1, 0.15) is 12.6 Å². The van der Waals surface area contributed by atoms with Gasteiger partial charge in [0, 0.05) is 19.3 Å². The van der Waals surface area contributed by atoms with E-state index < -0.39 is 24.1 Å². The SMILES string of the molecule is CC/C=C/C/C=C/C/C=C/C/C=C/C/C=C/C/C=C/CCC(=O)OC(COCCC(C(=O)[O-])[N+](C)(C)C)COC(=O)CCCCCCC/C=C/C=C/CCCCCCCCC. The van der Waals surface area contributed by atoms with Crippen molar-refractivity contribution in [3.05, 3.63) is 97.2 Å². The second kappa shape index (κ2) is 42.9. The van der Waals surface area contributed by atoms with Crippen molar-refractivity contribution in [3.63, 3.8) is 0 Å². The molecular weight excluding hydrogens is 763 g/mol. The highest BCUT2D eigenvalue weighted by Crippen LogP contribution is 2.12. The molecule has 0 aromatic carbocycles. The third kappa shape index (κ3) is 41.4. The van der Waals surface area contributed by atoms with Crippen molar-refractivity contribution < 1.29 is 38.2 Å². The number of hydrogen-bond donors (Lipinski definition) is 0. The number of allylic oxidation sites excluding steroid dienone is 16. The number of hydrogen-bond acceptors (Lipinski definition) is 7. The van der Waals surface area contributed by atoms with Gasteiger partial charge in [-0.3, -0.25) is 9.59 Å². The quantitative estimate of drug-likeness (QED) is 0.0198. The number of esters is 2. The third-order valence-corrected chi connectivity index (χ3v) is 10.00. The van der Waals surface area contributed by atoms with E-state index in [0.29, 0.717) is 12.8 Å². The van der Waals surface area contributed by atoms with E-state index in [1.54, 1.807) is 21.1 Å². The lowest BCUT2D eigenvalue weighted by molar-refractivity contribution is -0.889. The number of unbranched alkanes of at least 4 members (excludes halogenated alkanes) is 12. The van der Waals surface area contributed by atoms with Gasteiger partial charge in [0.25, 0.3) is 0 Å². The van der Waals surface area contributed by atoms with Gasteiger partial charge >= 0.3 is 11.9 Å². The van der Waals surface area contributed by atoms with Crippen LogP contribution in [0.5, 0.6) is 0 Å². The molecule has 0 aromatic heterocycles. The van der Waals surface area contributed by atoms with Crippen molar-refractivity contribution >= 4 is 17.9 Å². The van der Waals surface area contributed by atoms with Gasteiger partial charge in [0.2, 0.25) is 0 Å². The smallest absolute Gasteiger partial charge is 0.306 e. The number of nitrogens with zero attached hydrogens (tertiary/aromatic N) is 1. The van der Waals surface area contributed by atoms with Gasteiger partial charge in [0.05, 0.1) is 40.3 Å². The molecule has 0 aromatic rings. The monoisotopic (exact) mass is 850 g/mol. The molecule has 0 radical (unpaired) electrons. The van der Waals surface area contributed by atoms with E-state index in [1.807, 2.05) is 12.2 Å². The summed E-state index contributed by atoms with van der Waals surface area (Å²) in [6.07, 6.45) is 57.3. The zero-order valence-electron chi connectivity index (χ0n) is 39.3. The second-order valence-electron chi connectivity index (χ2n) is 16.6. The molecule has 0 fully saturated rings. The molecule has 0 bridgehead atoms. The zero-order chi connectivity index (χ0) is 44.9. The van der Waals surface area contributed by atoms with Crippen LogP contribution in [0.2, 0.25) is 0 Å². The number of rotatable bonds is 41. The van der Waals surface area contributed by atoms with Gasteiger partial charge in [-0.2, -0.15) is 0 Å². The van der Waals surface area contributed by atoms with Crippen LogP contribution in [-0.4, -0.2) is 75.5 Å². The molecule has 0 heterocycles. The van der Waals surface area contributed by atoms with Crippen LogP contribution in [0.4, 0.5) is 0 Å². The first-order valence-corrected chi connectivity index (χ1v) is 23.8. The van der Waals surface area contributed by atoms with Gasteiger partial charge in [-0.15, -0.1) is 0 Å². The van der Waals surface area contributed by atoms with Crippen LogP contribution in [0.25, 0.3) is 0 Å². The van der Waals surface area contributed by atoms with E-state index in [0.717, 1.165) is 83.5 Å². The van der Waals surface area contributed by atoms with E-state index in [-0.39, 0.29) is 43.1 Å². The van der Waals surface area contributed by atoms with Gasteiger partial charge < -0.3 is 28.6 Å². The topological polar surface area (TPSA) is 102 Å². The van der Waals surface area contributed by atoms with Crippen molar-refractivity contribution in [2.24, 2.45) is 0 Å². The normalized spacial score (nSPS) is 13.8. The Morgan fingerprint density at radius 2 is 1.00 bits per heavy atom. The Kier molecular flexibility index (Phi) is 40.3. The number of carbonyl (C=O) groups excluding carboxylic acids is 3. The van der Waals surface area contributed by atoms with Crippen LogP contribution in [0, 0.1) is 0 Å². The molecule has 61 heavy (non-hydrogen) atoms. The van der Waals surface area contributed by atoms with Crippen LogP contribution in [0.15, 0.2) is 97.2 Å². The molecule has 0 saturated heterocycles. The maximum atomic E-state index is 12.7. The molecule has 0 amide bonds. The summed E-state index contributed by atoms with van der Waals surface area (Å²) in [5, 5.41) is 11.6. The van der Waals surface area contributed by atoms with Crippen molar-refractivity contribution in [1.29, 1.82) is 0 Å². The van der Waals surface area contributed by atoms with Crippen molar-refractivity contribution in [3.8, 4) is 0 Å². The first-order valence-electron chi connectivity index (χ1n) is 23.8. The molecule has 0 aliphatic heterocycles. The summed E-state index contributed by atoms with van der Waals surface area (Å²) in [5.74, 6) is -1.87. The maximum absolute atomic E-state index is 12.7. The number of likely N-dealkylation sites (N-methyl/N-ethyl adjacent to an activating group) is 1. The highest BCUT2D eigenvalue weighted by molar-refractivity contribution is 5.70. The number of carboxylic acid groups (broad SMARTS) is 1. The van der Waals surface area contributed by atoms with Gasteiger partial charge in [-0.1, -0.05) is 169 Å². The number of ether oxygens (including phenoxy) is 3. The lowest BCUT2D eigenvalue weighted by Gasteiger charge is -2.34. The van der Waals surface area contributed by atoms with Crippen molar-refractivity contribution in [2.45, 2.75) is 180 Å². The Morgan fingerprint density at radius 3 is 1.49 bits per heavy atom. The summed E-state index contributed by atoms with van der Waals surface area (Å²) in [7, 11) is 5.37. The summed E-state index contributed by atoms with van der Waals surface area (Å²) >= 11 is 0. The molecule has 8 heteroatoms. The second-order valence-corrected chi connectivity index (χ2v) is 16.6. The van der Waals surface area contributed by atoms with Crippen LogP contribution >= 0.6 is 0 Å². The van der Waals surface area contributed by atoms with Crippen LogP contribution in [-0.2, 0) is 28.6 Å². The molecule has 0 rings (SSSR count). The van der Waals surface area contributed by atoms with Crippen molar-refractivity contribution in [1.82, 2.24) is 0 Å². The first-order chi connectivity index (χ1) is 29.6. The lowest BCUT2D eigenvalue weighted by Crippen LogP contribution is -2.55. The Morgan fingerprint density at radius 1 is 0.525 bits per heavy atom. The fraction of sp³-hybridized carbons (Fsp3) is 0.642. The Hall–Kier alpha value is -3.75. The average molecular weight is 850 g/mol. The number of quaternary nitrogens is 1. The van der Waals surface area contributed by atoms with Gasteiger partial charge in [-0.05, 0) is 77.0 Å². The molecule has 346 valence electrons. The van der Waals surface area contributed by atoms with Crippen LogP contribution in [0.3, 0.4) is 0 Å². The number of aliphatic carboxylic acids is 1. The third-order valence-electron chi connectivity index (χ3n) is 10.00. The molecule has 2 unspecified atom stereocenters. The number of carboxylic acids is 1. The molecule has 2 atom stereocenters. The fourth-order valence-electron chi connectivity index (χ4n) is 6.32. The molecule has 0 saturated carbocycles. The van der Waals surface area contributed by atoms with E-state index in [9.17, 15) is 19.5 Å². The highest BCUT2D eigenvalue weighted by atomic mass is 16.6. The summed E-state index contributed by atoms with van der Waals surface area (Å²) in [6, 6.07) is -0.747. The molecule has 0 N–H and O–H groups in total. The molecule has 0 aliphatic rings. The van der Waals surface area contributed by atoms with Crippen LogP contribution in [0.1, 0.15) is 168 Å². The minimum absolute atomic E-state index is 0.000722. The standard InChI is InChI=1S/C53H87NO7/c1-6-8-10-12-14-16-18-20-22-24-26-28-30-32-34-36-38-40-42-44-52(56)61-49(47-59-46-45-50(53(57)58)54(3,4)5)48-60-51(55)43-41-39-37-35-33-31-29-27-25-23-21-19-17-15-13-11-9-7-2/h8,10,14,16,20,22-23,25-29,32,34,38,40,49-50H,6-7,9,11-13,15,17-19,21,24,30-31,33,35-37,39,41-48H2,1-5H3/b10-8+,16-14+,22-20+,25-23+,28-26+,29-27+,34-32+,40-38+. The van der Waals surface area contributed by atoms with Gasteiger partial charge in [0.15, 0.2) is 6.10 Å². The summed E-state index contributed by atoms with van der Waals surface area (Å²) in [5.41, 5.74) is 0. The van der Waals surface area contributed by atoms with E-state index in [1.165, 1.54) is 44.9 Å². The van der Waals surface area contributed by atoms with Gasteiger partial charge in [-0.25, -0.2) is 0 Å². The minimum atomic E-state index is -1.14.